The first-order chi connectivity index (χ1) is 14.0. The molecule has 0 aliphatic carbocycles. The van der Waals surface area contributed by atoms with Gasteiger partial charge in [0.25, 0.3) is 11.8 Å². The third kappa shape index (κ3) is 7.29. The van der Waals surface area contributed by atoms with Crippen LogP contribution in [0.3, 0.4) is 0 Å². The maximum atomic E-state index is 12.2. The largest absolute Gasteiger partial charge is 0.376 e. The van der Waals surface area contributed by atoms with Crippen molar-refractivity contribution in [3.05, 3.63) is 59.7 Å². The molecule has 0 aliphatic heterocycles. The number of rotatable bonds is 10. The molecule has 29 heavy (non-hydrogen) atoms. The van der Waals surface area contributed by atoms with E-state index in [0.717, 1.165) is 12.8 Å². The van der Waals surface area contributed by atoms with E-state index in [-0.39, 0.29) is 24.3 Å². The van der Waals surface area contributed by atoms with Crippen LogP contribution in [-0.4, -0.2) is 37.4 Å². The minimum atomic E-state index is -0.228. The predicted molar refractivity (Wildman–Crippen MR) is 115 cm³/mol. The molecule has 0 radical (unpaired) electrons. The monoisotopic (exact) mass is 396 g/mol. The topological polar surface area (TPSA) is 99.3 Å². The van der Waals surface area contributed by atoms with E-state index in [1.165, 1.54) is 0 Å². The van der Waals surface area contributed by atoms with Crippen LogP contribution >= 0.6 is 0 Å². The van der Waals surface area contributed by atoms with E-state index in [0.29, 0.717) is 35.6 Å². The second kappa shape index (κ2) is 11.5. The van der Waals surface area contributed by atoms with E-state index in [1.54, 1.807) is 48.5 Å². The summed E-state index contributed by atoms with van der Waals surface area (Å²) in [6.45, 7) is 5.19. The maximum Gasteiger partial charge on any atom is 0.251 e. The van der Waals surface area contributed by atoms with Crippen LogP contribution in [0.2, 0.25) is 0 Å². The van der Waals surface area contributed by atoms with Gasteiger partial charge in [0, 0.05) is 35.6 Å². The van der Waals surface area contributed by atoms with Gasteiger partial charge in [0.05, 0.1) is 6.54 Å². The van der Waals surface area contributed by atoms with Crippen LogP contribution in [0.15, 0.2) is 48.5 Å². The lowest BCUT2D eigenvalue weighted by atomic mass is 10.2. The van der Waals surface area contributed by atoms with Gasteiger partial charge in [-0.2, -0.15) is 0 Å². The molecule has 2 aromatic rings. The Morgan fingerprint density at radius 2 is 1.55 bits per heavy atom. The average molecular weight is 396 g/mol. The lowest BCUT2D eigenvalue weighted by molar-refractivity contribution is -0.114. The fourth-order valence-corrected chi connectivity index (χ4v) is 2.61. The second-order valence-electron chi connectivity index (χ2n) is 6.53. The highest BCUT2D eigenvalue weighted by molar-refractivity contribution is 5.97. The van der Waals surface area contributed by atoms with Crippen molar-refractivity contribution in [1.82, 2.24) is 10.6 Å². The third-order valence-corrected chi connectivity index (χ3v) is 4.16. The minimum Gasteiger partial charge on any atom is -0.376 e. The van der Waals surface area contributed by atoms with E-state index in [9.17, 15) is 14.4 Å². The van der Waals surface area contributed by atoms with Crippen LogP contribution in [0.25, 0.3) is 0 Å². The molecule has 7 nitrogen and oxygen atoms in total. The number of benzene rings is 2. The van der Waals surface area contributed by atoms with Crippen molar-refractivity contribution in [2.24, 2.45) is 0 Å². The Morgan fingerprint density at radius 3 is 2.24 bits per heavy atom. The molecule has 0 fully saturated rings. The fraction of sp³-hybridized carbons (Fsp3) is 0.318. The number of nitrogens with one attached hydrogen (secondary N) is 4. The average Bonchev–Trinajstić information content (AvgIpc) is 2.73. The second-order valence-corrected chi connectivity index (χ2v) is 6.53. The van der Waals surface area contributed by atoms with Gasteiger partial charge < -0.3 is 21.3 Å². The van der Waals surface area contributed by atoms with E-state index in [2.05, 4.69) is 28.2 Å². The lowest BCUT2D eigenvalue weighted by Gasteiger charge is -2.10. The summed E-state index contributed by atoms with van der Waals surface area (Å²) in [5.74, 6) is -0.502. The summed E-state index contributed by atoms with van der Waals surface area (Å²) in [4.78, 5) is 36.0. The molecule has 0 unspecified atom stereocenters. The quantitative estimate of drug-likeness (QED) is 0.464. The van der Waals surface area contributed by atoms with Crippen molar-refractivity contribution in [3.8, 4) is 0 Å². The SMILES string of the molecule is CCCCNC(=O)c1cccc(NCC(=O)Nc2ccc(C(=O)NCC)cc2)c1. The van der Waals surface area contributed by atoms with Crippen LogP contribution in [0, 0.1) is 0 Å². The Balaban J connectivity index is 1.85. The number of unbranched alkanes of at least 4 members (excludes halogenated alkanes) is 1. The van der Waals surface area contributed by atoms with Gasteiger partial charge in [-0.1, -0.05) is 19.4 Å². The first-order valence-electron chi connectivity index (χ1n) is 9.83. The molecule has 0 saturated heterocycles. The Hall–Kier alpha value is -3.35. The molecular weight excluding hydrogens is 368 g/mol. The van der Waals surface area contributed by atoms with Gasteiger partial charge >= 0.3 is 0 Å². The highest BCUT2D eigenvalue weighted by atomic mass is 16.2. The summed E-state index contributed by atoms with van der Waals surface area (Å²) in [6, 6.07) is 13.7. The molecular formula is C22H28N4O3. The van der Waals surface area contributed by atoms with Gasteiger partial charge in [-0.05, 0) is 55.8 Å². The Kier molecular flexibility index (Phi) is 8.69. The molecule has 154 valence electrons. The molecule has 0 atom stereocenters. The van der Waals surface area contributed by atoms with Crippen LogP contribution < -0.4 is 21.3 Å². The first kappa shape index (κ1) is 21.9. The van der Waals surface area contributed by atoms with Gasteiger partial charge in [-0.15, -0.1) is 0 Å². The number of hydrogen-bond acceptors (Lipinski definition) is 4. The van der Waals surface area contributed by atoms with E-state index in [4.69, 9.17) is 0 Å². The van der Waals surface area contributed by atoms with Crippen molar-refractivity contribution < 1.29 is 14.4 Å². The fourth-order valence-electron chi connectivity index (χ4n) is 2.61. The van der Waals surface area contributed by atoms with Gasteiger partial charge in [-0.25, -0.2) is 0 Å². The molecule has 0 aromatic heterocycles. The Bertz CT molecular complexity index is 834. The van der Waals surface area contributed by atoms with Crippen molar-refractivity contribution in [1.29, 1.82) is 0 Å². The number of hydrogen-bond donors (Lipinski definition) is 4. The lowest BCUT2D eigenvalue weighted by Crippen LogP contribution is -2.25. The summed E-state index contributed by atoms with van der Waals surface area (Å²) in [5.41, 5.74) is 2.38. The third-order valence-electron chi connectivity index (χ3n) is 4.16. The molecule has 3 amide bonds. The highest BCUT2D eigenvalue weighted by Gasteiger charge is 2.08. The van der Waals surface area contributed by atoms with Gasteiger partial charge in [0.1, 0.15) is 0 Å². The van der Waals surface area contributed by atoms with Crippen LogP contribution in [0.4, 0.5) is 11.4 Å². The Morgan fingerprint density at radius 1 is 0.828 bits per heavy atom. The molecule has 0 saturated carbocycles. The van der Waals surface area contributed by atoms with E-state index >= 15 is 0 Å². The predicted octanol–water partition coefficient (Wildman–Crippen LogP) is 3.02. The molecule has 0 heterocycles. The number of amides is 3. The molecule has 2 aromatic carbocycles. The van der Waals surface area contributed by atoms with Crippen molar-refractivity contribution in [2.45, 2.75) is 26.7 Å². The zero-order valence-electron chi connectivity index (χ0n) is 16.9. The van der Waals surface area contributed by atoms with E-state index < -0.39 is 0 Å². The van der Waals surface area contributed by atoms with Gasteiger partial charge in [-0.3, -0.25) is 14.4 Å². The maximum absolute atomic E-state index is 12.2. The zero-order valence-corrected chi connectivity index (χ0v) is 16.9. The summed E-state index contributed by atoms with van der Waals surface area (Å²) in [6.07, 6.45) is 1.96. The number of carbonyl (C=O) groups is 3. The molecule has 4 N–H and O–H groups in total. The van der Waals surface area contributed by atoms with Crippen LogP contribution in [0.1, 0.15) is 47.4 Å². The minimum absolute atomic E-state index is 0.0545. The normalized spacial score (nSPS) is 10.1. The van der Waals surface area contributed by atoms with Crippen molar-refractivity contribution in [2.75, 3.05) is 30.3 Å². The molecule has 7 heteroatoms. The summed E-state index contributed by atoms with van der Waals surface area (Å²) in [7, 11) is 0. The zero-order chi connectivity index (χ0) is 21.1. The van der Waals surface area contributed by atoms with Gasteiger partial charge in [0.2, 0.25) is 5.91 Å². The molecule has 0 aliphatic rings. The number of carbonyl (C=O) groups excluding carboxylic acids is 3. The van der Waals surface area contributed by atoms with E-state index in [1.807, 2.05) is 6.92 Å². The number of anilines is 2. The molecule has 2 rings (SSSR count). The standard InChI is InChI=1S/C22H28N4O3/c1-3-5-13-24-22(29)17-7-6-8-19(14-17)25-15-20(27)26-18-11-9-16(10-12-18)21(28)23-4-2/h6-12,14,25H,3-5,13,15H2,1-2H3,(H,23,28)(H,24,29)(H,26,27). The summed E-state index contributed by atoms with van der Waals surface area (Å²) < 4.78 is 0. The van der Waals surface area contributed by atoms with Crippen LogP contribution in [0.5, 0.6) is 0 Å². The highest BCUT2D eigenvalue weighted by Crippen LogP contribution is 2.12. The summed E-state index contributed by atoms with van der Waals surface area (Å²) in [5, 5.41) is 11.4. The Labute approximate surface area is 171 Å². The van der Waals surface area contributed by atoms with Crippen molar-refractivity contribution in [3.63, 3.8) is 0 Å². The smallest absolute Gasteiger partial charge is 0.251 e. The molecule has 0 bridgehead atoms. The van der Waals surface area contributed by atoms with Gasteiger partial charge in [0.15, 0.2) is 0 Å². The summed E-state index contributed by atoms with van der Waals surface area (Å²) >= 11 is 0. The first-order valence-corrected chi connectivity index (χ1v) is 9.83. The molecule has 0 spiro atoms. The van der Waals surface area contributed by atoms with Crippen LogP contribution in [-0.2, 0) is 4.79 Å². The van der Waals surface area contributed by atoms with Crippen molar-refractivity contribution >= 4 is 29.1 Å².